The van der Waals surface area contributed by atoms with Crippen molar-refractivity contribution in [3.8, 4) is 0 Å². The maximum Gasteiger partial charge on any atom is 0.224 e. The van der Waals surface area contributed by atoms with Crippen LogP contribution >= 0.6 is 35.0 Å². The Kier molecular flexibility index (Phi) is 7.10. The highest BCUT2D eigenvalue weighted by Gasteiger charge is 2.22. The topological polar surface area (TPSA) is 41.1 Å². The summed E-state index contributed by atoms with van der Waals surface area (Å²) >= 11 is 2.27. The summed E-state index contributed by atoms with van der Waals surface area (Å²) in [6, 6.07) is 8.37. The predicted molar refractivity (Wildman–Crippen MR) is 88.7 cm³/mol. The van der Waals surface area contributed by atoms with E-state index in [-0.39, 0.29) is 24.4 Å². The van der Waals surface area contributed by atoms with E-state index >= 15 is 0 Å². The first-order valence-corrected chi connectivity index (χ1v) is 7.47. The second kappa shape index (κ2) is 8.07. The van der Waals surface area contributed by atoms with Crippen LogP contribution in [0.5, 0.6) is 0 Å². The Hall–Kier alpha value is -0.330. The number of benzene rings is 1. The molecule has 2 rings (SSSR count). The summed E-state index contributed by atoms with van der Waals surface area (Å²) in [6.45, 7) is 4.15. The summed E-state index contributed by atoms with van der Waals surface area (Å²) in [5.74, 6) is 0.684. The first-order chi connectivity index (χ1) is 8.65. The molecular formula is C14H20ClIN2O. The number of hydrogen-bond acceptors (Lipinski definition) is 2. The number of hydrogen-bond donors (Lipinski definition) is 2. The molecule has 0 saturated carbocycles. The molecule has 0 radical (unpaired) electrons. The molecule has 2 N–H and O–H groups in total. The number of rotatable bonds is 3. The number of nitrogens with one attached hydrogen (secondary N) is 2. The molecule has 3 nitrogen and oxygen atoms in total. The fourth-order valence-electron chi connectivity index (χ4n) is 2.27. The zero-order valence-corrected chi connectivity index (χ0v) is 14.0. The van der Waals surface area contributed by atoms with E-state index in [1.807, 2.05) is 18.2 Å². The molecule has 0 spiro atoms. The Morgan fingerprint density at radius 2 is 2.32 bits per heavy atom. The van der Waals surface area contributed by atoms with Gasteiger partial charge in [0.05, 0.1) is 6.42 Å². The number of piperidine rings is 1. The van der Waals surface area contributed by atoms with E-state index in [1.54, 1.807) is 0 Å². The molecule has 1 heterocycles. The van der Waals surface area contributed by atoms with Gasteiger partial charge in [-0.25, -0.2) is 0 Å². The average Bonchev–Trinajstić information content (AvgIpc) is 2.32. The van der Waals surface area contributed by atoms with E-state index in [0.29, 0.717) is 12.3 Å². The van der Waals surface area contributed by atoms with Crippen LogP contribution in [-0.4, -0.2) is 25.0 Å². The highest BCUT2D eigenvalue weighted by atomic mass is 127. The van der Waals surface area contributed by atoms with Gasteiger partial charge in [-0.15, -0.1) is 12.4 Å². The van der Waals surface area contributed by atoms with Gasteiger partial charge in [0.1, 0.15) is 0 Å². The molecule has 1 fully saturated rings. The average molecular weight is 395 g/mol. The first kappa shape index (κ1) is 16.7. The second-order valence-electron chi connectivity index (χ2n) is 4.95. The lowest BCUT2D eigenvalue weighted by Crippen LogP contribution is -2.50. The van der Waals surface area contributed by atoms with Crippen molar-refractivity contribution in [1.82, 2.24) is 10.6 Å². The van der Waals surface area contributed by atoms with E-state index < -0.39 is 0 Å². The fraction of sp³-hybridized carbons (Fsp3) is 0.500. The number of amides is 1. The first-order valence-electron chi connectivity index (χ1n) is 6.39. The van der Waals surface area contributed by atoms with Crippen LogP contribution in [0.25, 0.3) is 0 Å². The Morgan fingerprint density at radius 3 is 3.00 bits per heavy atom. The molecule has 19 heavy (non-hydrogen) atoms. The summed E-state index contributed by atoms with van der Waals surface area (Å²) < 4.78 is 1.17. The third kappa shape index (κ3) is 5.28. The van der Waals surface area contributed by atoms with Gasteiger partial charge in [0.15, 0.2) is 0 Å². The highest BCUT2D eigenvalue weighted by Crippen LogP contribution is 2.12. The Balaban J connectivity index is 0.00000180. The maximum absolute atomic E-state index is 12.0. The van der Waals surface area contributed by atoms with Crippen molar-refractivity contribution in [2.75, 3.05) is 13.1 Å². The van der Waals surface area contributed by atoms with Gasteiger partial charge in [-0.05, 0) is 59.2 Å². The van der Waals surface area contributed by atoms with Gasteiger partial charge in [-0.1, -0.05) is 19.1 Å². The lowest BCUT2D eigenvalue weighted by atomic mass is 9.94. The van der Waals surface area contributed by atoms with Crippen LogP contribution in [0.1, 0.15) is 18.9 Å². The lowest BCUT2D eigenvalue weighted by molar-refractivity contribution is -0.121. The summed E-state index contributed by atoms with van der Waals surface area (Å²) in [7, 11) is 0. The quantitative estimate of drug-likeness (QED) is 0.773. The van der Waals surface area contributed by atoms with E-state index in [0.717, 1.165) is 25.1 Å². The van der Waals surface area contributed by atoms with Gasteiger partial charge >= 0.3 is 0 Å². The molecule has 1 aromatic rings. The molecule has 1 amide bonds. The minimum absolute atomic E-state index is 0. The largest absolute Gasteiger partial charge is 0.352 e. The van der Waals surface area contributed by atoms with Crippen LogP contribution in [0.2, 0.25) is 0 Å². The molecule has 0 aliphatic carbocycles. The van der Waals surface area contributed by atoms with Crippen LogP contribution in [0, 0.1) is 9.49 Å². The summed E-state index contributed by atoms with van der Waals surface area (Å²) in [6.07, 6.45) is 1.61. The molecule has 106 valence electrons. The van der Waals surface area contributed by atoms with Gasteiger partial charge in [0, 0.05) is 16.2 Å². The van der Waals surface area contributed by atoms with Crippen molar-refractivity contribution in [3.05, 3.63) is 33.4 Å². The molecular weight excluding hydrogens is 375 g/mol. The Morgan fingerprint density at radius 1 is 1.53 bits per heavy atom. The Labute approximate surface area is 134 Å². The third-order valence-electron chi connectivity index (χ3n) is 3.43. The molecule has 0 aromatic heterocycles. The number of carbonyl (C=O) groups is 1. The minimum Gasteiger partial charge on any atom is -0.352 e. The normalized spacial score (nSPS) is 22.4. The highest BCUT2D eigenvalue weighted by molar-refractivity contribution is 14.1. The van der Waals surface area contributed by atoms with Crippen LogP contribution in [0.4, 0.5) is 0 Å². The predicted octanol–water partition coefficient (Wildman–Crippen LogP) is 2.37. The molecule has 0 bridgehead atoms. The molecule has 1 aliphatic heterocycles. The van der Waals surface area contributed by atoms with Crippen molar-refractivity contribution in [2.45, 2.75) is 25.8 Å². The molecule has 5 heteroatoms. The van der Waals surface area contributed by atoms with E-state index in [9.17, 15) is 4.79 Å². The van der Waals surface area contributed by atoms with Crippen LogP contribution in [0.3, 0.4) is 0 Å². The van der Waals surface area contributed by atoms with Gasteiger partial charge in [0.2, 0.25) is 5.91 Å². The van der Waals surface area contributed by atoms with Gasteiger partial charge in [-0.2, -0.15) is 0 Å². The van der Waals surface area contributed by atoms with Crippen molar-refractivity contribution in [2.24, 2.45) is 5.92 Å². The van der Waals surface area contributed by atoms with Gasteiger partial charge in [0.25, 0.3) is 0 Å². The van der Waals surface area contributed by atoms with Crippen LogP contribution in [0.15, 0.2) is 24.3 Å². The number of carbonyl (C=O) groups excluding carboxylic acids is 1. The molecule has 1 aromatic carbocycles. The maximum atomic E-state index is 12.0. The standard InChI is InChI=1S/C14H19IN2O.ClH/c1-10-5-6-16-9-13(10)17-14(18)8-11-3-2-4-12(15)7-11;/h2-4,7,10,13,16H,5-6,8-9H2,1H3,(H,17,18);1H. The van der Waals surface area contributed by atoms with E-state index in [4.69, 9.17) is 0 Å². The van der Waals surface area contributed by atoms with Crippen LogP contribution in [-0.2, 0) is 11.2 Å². The van der Waals surface area contributed by atoms with Crippen molar-refractivity contribution in [1.29, 1.82) is 0 Å². The smallest absolute Gasteiger partial charge is 0.224 e. The van der Waals surface area contributed by atoms with E-state index in [1.165, 1.54) is 3.57 Å². The van der Waals surface area contributed by atoms with Crippen molar-refractivity contribution < 1.29 is 4.79 Å². The lowest BCUT2D eigenvalue weighted by Gasteiger charge is -2.30. The summed E-state index contributed by atoms with van der Waals surface area (Å²) in [4.78, 5) is 12.0. The minimum atomic E-state index is 0. The number of halogens is 2. The van der Waals surface area contributed by atoms with Crippen molar-refractivity contribution in [3.63, 3.8) is 0 Å². The zero-order valence-electron chi connectivity index (χ0n) is 11.0. The van der Waals surface area contributed by atoms with Gasteiger partial charge in [-0.3, -0.25) is 4.79 Å². The second-order valence-corrected chi connectivity index (χ2v) is 6.20. The molecule has 2 unspecified atom stereocenters. The summed E-state index contributed by atoms with van der Waals surface area (Å²) in [5.41, 5.74) is 1.08. The SMILES string of the molecule is CC1CCNCC1NC(=O)Cc1cccc(I)c1.Cl. The molecule has 2 atom stereocenters. The fourth-order valence-corrected chi connectivity index (χ4v) is 2.88. The van der Waals surface area contributed by atoms with Crippen LogP contribution < -0.4 is 10.6 Å². The van der Waals surface area contributed by atoms with Gasteiger partial charge < -0.3 is 10.6 Å². The van der Waals surface area contributed by atoms with Crippen molar-refractivity contribution >= 4 is 40.9 Å². The molecule has 1 saturated heterocycles. The molecule has 1 aliphatic rings. The monoisotopic (exact) mass is 394 g/mol. The Bertz CT molecular complexity index is 428. The third-order valence-corrected chi connectivity index (χ3v) is 4.10. The zero-order chi connectivity index (χ0) is 13.0. The summed E-state index contributed by atoms with van der Waals surface area (Å²) in [5, 5.41) is 6.46. The van der Waals surface area contributed by atoms with E-state index in [2.05, 4.69) is 46.2 Å².